The smallest absolute Gasteiger partial charge is 0.338 e. The second-order valence-electron chi connectivity index (χ2n) is 7.60. The van der Waals surface area contributed by atoms with Crippen molar-refractivity contribution in [1.29, 1.82) is 0 Å². The Balaban J connectivity index is 1.54. The van der Waals surface area contributed by atoms with Gasteiger partial charge in [-0.15, -0.1) is 0 Å². The standard InChI is InChI=1S/C27H24O6/c1-4-30-27(29)20-9-11-21(12-10-20)33-26-18(3)32-24-15-22(13-14-23(24)25(26)28)31-16-19-7-5-17(2)6-8-19/h5-15H,4,16H2,1-3H3. The second kappa shape index (κ2) is 9.61. The summed E-state index contributed by atoms with van der Waals surface area (Å²) in [6, 6.07) is 19.6. The van der Waals surface area contributed by atoms with Crippen LogP contribution in [0.15, 0.2) is 75.9 Å². The first-order chi connectivity index (χ1) is 15.9. The lowest BCUT2D eigenvalue weighted by molar-refractivity contribution is 0.0526. The minimum absolute atomic E-state index is 0.0970. The van der Waals surface area contributed by atoms with Crippen LogP contribution in [0.4, 0.5) is 0 Å². The maximum absolute atomic E-state index is 13.0. The topological polar surface area (TPSA) is 75.0 Å². The quantitative estimate of drug-likeness (QED) is 0.328. The third-order valence-electron chi connectivity index (χ3n) is 5.10. The van der Waals surface area contributed by atoms with Crippen molar-refractivity contribution in [3.05, 3.63) is 99.4 Å². The Labute approximate surface area is 191 Å². The van der Waals surface area contributed by atoms with Crippen LogP contribution in [-0.2, 0) is 11.3 Å². The van der Waals surface area contributed by atoms with Gasteiger partial charge in [-0.3, -0.25) is 4.79 Å². The monoisotopic (exact) mass is 444 g/mol. The molecule has 0 atom stereocenters. The Morgan fingerprint density at radius 1 is 0.909 bits per heavy atom. The molecule has 6 nitrogen and oxygen atoms in total. The number of hydrogen-bond donors (Lipinski definition) is 0. The van der Waals surface area contributed by atoms with Crippen LogP contribution in [0.3, 0.4) is 0 Å². The van der Waals surface area contributed by atoms with Gasteiger partial charge >= 0.3 is 5.97 Å². The van der Waals surface area contributed by atoms with Gasteiger partial charge in [-0.2, -0.15) is 0 Å². The number of hydrogen-bond acceptors (Lipinski definition) is 6. The highest BCUT2D eigenvalue weighted by molar-refractivity contribution is 5.89. The largest absolute Gasteiger partial charge is 0.489 e. The van der Waals surface area contributed by atoms with Crippen molar-refractivity contribution in [2.24, 2.45) is 0 Å². The van der Waals surface area contributed by atoms with E-state index >= 15 is 0 Å². The molecule has 33 heavy (non-hydrogen) atoms. The molecule has 0 aliphatic carbocycles. The van der Waals surface area contributed by atoms with Gasteiger partial charge in [-0.05, 0) is 62.7 Å². The molecule has 0 saturated heterocycles. The number of carbonyl (C=O) groups is 1. The van der Waals surface area contributed by atoms with Crippen LogP contribution in [0.25, 0.3) is 11.0 Å². The van der Waals surface area contributed by atoms with Crippen LogP contribution in [0.1, 0.15) is 34.2 Å². The molecule has 0 spiro atoms. The molecule has 168 valence electrons. The molecule has 6 heteroatoms. The lowest BCUT2D eigenvalue weighted by atomic mass is 10.1. The van der Waals surface area contributed by atoms with Gasteiger partial charge < -0.3 is 18.6 Å². The highest BCUT2D eigenvalue weighted by atomic mass is 16.5. The van der Waals surface area contributed by atoms with E-state index in [-0.39, 0.29) is 11.2 Å². The summed E-state index contributed by atoms with van der Waals surface area (Å²) >= 11 is 0. The van der Waals surface area contributed by atoms with E-state index in [9.17, 15) is 9.59 Å². The van der Waals surface area contributed by atoms with Gasteiger partial charge in [-0.1, -0.05) is 29.8 Å². The summed E-state index contributed by atoms with van der Waals surface area (Å²) in [5.74, 6) is 1.05. The Hall–Kier alpha value is -4.06. The highest BCUT2D eigenvalue weighted by Crippen LogP contribution is 2.28. The van der Waals surface area contributed by atoms with Gasteiger partial charge in [0.05, 0.1) is 17.6 Å². The average Bonchev–Trinajstić information content (AvgIpc) is 2.82. The van der Waals surface area contributed by atoms with Gasteiger partial charge in [0.1, 0.15) is 29.4 Å². The number of rotatable bonds is 7. The zero-order valence-corrected chi connectivity index (χ0v) is 18.7. The van der Waals surface area contributed by atoms with Gasteiger partial charge in [-0.25, -0.2) is 4.79 Å². The van der Waals surface area contributed by atoms with Crippen LogP contribution in [-0.4, -0.2) is 12.6 Å². The van der Waals surface area contributed by atoms with Crippen molar-refractivity contribution in [1.82, 2.24) is 0 Å². The first-order valence-corrected chi connectivity index (χ1v) is 10.7. The molecular weight excluding hydrogens is 420 g/mol. The molecule has 1 heterocycles. The molecular formula is C27H24O6. The SMILES string of the molecule is CCOC(=O)c1ccc(Oc2c(C)oc3cc(OCc4ccc(C)cc4)ccc3c2=O)cc1. The number of benzene rings is 3. The summed E-state index contributed by atoms with van der Waals surface area (Å²) in [5.41, 5.74) is 2.78. The van der Waals surface area contributed by atoms with Crippen LogP contribution >= 0.6 is 0 Å². The molecule has 0 aliphatic rings. The van der Waals surface area contributed by atoms with Crippen LogP contribution < -0.4 is 14.9 Å². The molecule has 0 radical (unpaired) electrons. The molecule has 0 saturated carbocycles. The molecule has 3 aromatic carbocycles. The number of aryl methyl sites for hydroxylation is 2. The van der Waals surface area contributed by atoms with E-state index in [1.54, 1.807) is 56.3 Å². The predicted octanol–water partition coefficient (Wildman–Crippen LogP) is 5.96. The van der Waals surface area contributed by atoms with Gasteiger partial charge in [0.25, 0.3) is 0 Å². The molecule has 0 bridgehead atoms. The zero-order chi connectivity index (χ0) is 23.4. The van der Waals surface area contributed by atoms with E-state index in [1.807, 2.05) is 31.2 Å². The Bertz CT molecular complexity index is 1330. The minimum atomic E-state index is -0.411. The van der Waals surface area contributed by atoms with E-state index in [4.69, 9.17) is 18.6 Å². The molecule has 0 fully saturated rings. The van der Waals surface area contributed by atoms with E-state index in [0.717, 1.165) is 5.56 Å². The van der Waals surface area contributed by atoms with Crippen LogP contribution in [0, 0.1) is 13.8 Å². The molecule has 0 amide bonds. The average molecular weight is 444 g/mol. The number of ether oxygens (including phenoxy) is 3. The van der Waals surface area contributed by atoms with Crippen molar-refractivity contribution < 1.29 is 23.4 Å². The third kappa shape index (κ3) is 5.06. The van der Waals surface area contributed by atoms with Crippen molar-refractivity contribution in [2.75, 3.05) is 6.61 Å². The summed E-state index contributed by atoms with van der Waals surface area (Å²) < 4.78 is 22.5. The third-order valence-corrected chi connectivity index (χ3v) is 5.10. The van der Waals surface area contributed by atoms with Gasteiger partial charge in [0.15, 0.2) is 0 Å². The zero-order valence-electron chi connectivity index (χ0n) is 18.7. The van der Waals surface area contributed by atoms with E-state index < -0.39 is 5.97 Å². The molecule has 0 unspecified atom stereocenters. The van der Waals surface area contributed by atoms with E-state index in [1.165, 1.54) is 5.56 Å². The fraction of sp³-hybridized carbons (Fsp3) is 0.185. The summed E-state index contributed by atoms with van der Waals surface area (Å²) in [7, 11) is 0. The fourth-order valence-corrected chi connectivity index (χ4v) is 3.32. The summed E-state index contributed by atoms with van der Waals surface area (Å²) in [6.45, 7) is 6.17. The minimum Gasteiger partial charge on any atom is -0.489 e. The van der Waals surface area contributed by atoms with Crippen molar-refractivity contribution >= 4 is 16.9 Å². The number of carbonyl (C=O) groups excluding carboxylic acids is 1. The number of esters is 1. The van der Waals surface area contributed by atoms with Crippen LogP contribution in [0.2, 0.25) is 0 Å². The molecule has 1 aromatic heterocycles. The van der Waals surface area contributed by atoms with Crippen molar-refractivity contribution in [2.45, 2.75) is 27.4 Å². The highest BCUT2D eigenvalue weighted by Gasteiger charge is 2.15. The maximum atomic E-state index is 13.0. The van der Waals surface area contributed by atoms with Crippen molar-refractivity contribution in [3.8, 4) is 17.2 Å². The summed E-state index contributed by atoms with van der Waals surface area (Å²) in [6.07, 6.45) is 0. The molecule has 4 rings (SSSR count). The second-order valence-corrected chi connectivity index (χ2v) is 7.60. The normalized spacial score (nSPS) is 10.8. The first kappa shape index (κ1) is 22.1. The van der Waals surface area contributed by atoms with Crippen LogP contribution in [0.5, 0.6) is 17.2 Å². The van der Waals surface area contributed by atoms with Gasteiger partial charge in [0.2, 0.25) is 11.2 Å². The number of fused-ring (bicyclic) bond motifs is 1. The maximum Gasteiger partial charge on any atom is 0.338 e. The summed E-state index contributed by atoms with van der Waals surface area (Å²) in [4.78, 5) is 24.8. The fourth-order valence-electron chi connectivity index (χ4n) is 3.32. The van der Waals surface area contributed by atoms with E-state index in [0.29, 0.717) is 47.0 Å². The lowest BCUT2D eigenvalue weighted by Gasteiger charge is -2.11. The van der Waals surface area contributed by atoms with Crippen molar-refractivity contribution in [3.63, 3.8) is 0 Å². The Morgan fingerprint density at radius 2 is 1.61 bits per heavy atom. The first-order valence-electron chi connectivity index (χ1n) is 10.7. The molecule has 0 aliphatic heterocycles. The predicted molar refractivity (Wildman–Crippen MR) is 125 cm³/mol. The molecule has 0 N–H and O–H groups in total. The Kier molecular flexibility index (Phi) is 6.45. The van der Waals surface area contributed by atoms with E-state index in [2.05, 4.69) is 0 Å². The summed E-state index contributed by atoms with van der Waals surface area (Å²) in [5, 5.41) is 0.390. The molecule has 4 aromatic rings. The lowest BCUT2D eigenvalue weighted by Crippen LogP contribution is -2.08. The Morgan fingerprint density at radius 3 is 2.30 bits per heavy atom. The van der Waals surface area contributed by atoms with Gasteiger partial charge in [0, 0.05) is 6.07 Å².